The number of nitrogens with one attached hydrogen (secondary N) is 1. The highest BCUT2D eigenvalue weighted by Crippen LogP contribution is 2.68. The first-order valence-corrected chi connectivity index (χ1v) is 12.0. The topological polar surface area (TPSA) is 85.9 Å². The SMILES string of the molecule is N=Nc1cccc2nnn(O[P+](N3CCCC3)(N3CCCC3)N3CCCC3)c12. The van der Waals surface area contributed by atoms with Crippen LogP contribution in [-0.4, -0.2) is 68.4 Å². The maximum atomic E-state index is 7.57. The Morgan fingerprint density at radius 1 is 0.857 bits per heavy atom. The molecule has 1 N–H and O–H groups in total. The van der Waals surface area contributed by atoms with Gasteiger partial charge in [0, 0.05) is 39.3 Å². The molecule has 0 spiro atoms. The summed E-state index contributed by atoms with van der Waals surface area (Å²) >= 11 is 0. The van der Waals surface area contributed by atoms with Crippen LogP contribution in [0.4, 0.5) is 5.69 Å². The molecule has 0 unspecified atom stereocenters. The molecule has 0 aliphatic carbocycles. The van der Waals surface area contributed by atoms with Gasteiger partial charge >= 0.3 is 7.94 Å². The number of nitrogens with zero attached hydrogens (tertiary/aromatic N) is 7. The van der Waals surface area contributed by atoms with E-state index in [1.165, 1.54) is 38.5 Å². The van der Waals surface area contributed by atoms with Gasteiger partial charge in [-0.25, -0.2) is 5.53 Å². The summed E-state index contributed by atoms with van der Waals surface area (Å²) in [4.78, 5) is 1.57. The van der Waals surface area contributed by atoms with Crippen LogP contribution in [0, 0.1) is 5.53 Å². The molecule has 3 aliphatic rings. The van der Waals surface area contributed by atoms with Crippen LogP contribution in [-0.2, 0) is 0 Å². The standard InChI is InChI=1S/C18H28N8OP/c19-20-16-8-7-9-17-18(16)26(22-21-17)27-28(23-10-1-2-11-23,24-12-3-4-13-24)25-14-5-6-15-25/h7-9,19H,1-6,10-15H2/q+1. The van der Waals surface area contributed by atoms with E-state index in [-0.39, 0.29) is 0 Å². The summed E-state index contributed by atoms with van der Waals surface area (Å²) < 4.78 is 14.7. The quantitative estimate of drug-likeness (QED) is 0.587. The molecular formula is C18H28N8OP+. The highest BCUT2D eigenvalue weighted by molar-refractivity contribution is 7.64. The lowest BCUT2D eigenvalue weighted by Gasteiger charge is -2.39. The molecule has 0 amide bonds. The normalized spacial score (nSPS) is 22.4. The zero-order valence-corrected chi connectivity index (χ0v) is 17.1. The van der Waals surface area contributed by atoms with Gasteiger partial charge in [-0.05, 0) is 60.7 Å². The molecule has 0 bridgehead atoms. The Morgan fingerprint density at radius 3 is 1.89 bits per heavy atom. The lowest BCUT2D eigenvalue weighted by atomic mass is 10.3. The Morgan fingerprint density at radius 2 is 1.39 bits per heavy atom. The van der Waals surface area contributed by atoms with Crippen molar-refractivity contribution in [2.24, 2.45) is 5.11 Å². The molecule has 9 nitrogen and oxygen atoms in total. The summed E-state index contributed by atoms with van der Waals surface area (Å²) in [5.74, 6) is 0. The van der Waals surface area contributed by atoms with E-state index in [2.05, 4.69) is 29.4 Å². The van der Waals surface area contributed by atoms with Crippen LogP contribution in [0.5, 0.6) is 0 Å². The van der Waals surface area contributed by atoms with Crippen LogP contribution in [0.3, 0.4) is 0 Å². The van der Waals surface area contributed by atoms with Crippen molar-refractivity contribution in [2.75, 3.05) is 39.3 Å². The van der Waals surface area contributed by atoms with Crippen molar-refractivity contribution in [2.45, 2.75) is 38.5 Å². The van der Waals surface area contributed by atoms with Crippen molar-refractivity contribution in [3.05, 3.63) is 18.2 Å². The minimum Gasteiger partial charge on any atom is -0.204 e. The van der Waals surface area contributed by atoms with Gasteiger partial charge in [-0.2, -0.15) is 9.74 Å². The van der Waals surface area contributed by atoms with Crippen LogP contribution < -0.4 is 4.62 Å². The van der Waals surface area contributed by atoms with E-state index in [0.29, 0.717) is 11.2 Å². The largest absolute Gasteiger partial charge is 0.451 e. The molecule has 1 aromatic carbocycles. The fourth-order valence-corrected chi connectivity index (χ4v) is 8.87. The Hall–Kier alpha value is -1.67. The second kappa shape index (κ2) is 7.63. The smallest absolute Gasteiger partial charge is 0.204 e. The summed E-state index contributed by atoms with van der Waals surface area (Å²) in [6.45, 7) is 6.44. The van der Waals surface area contributed by atoms with Gasteiger partial charge in [0.15, 0.2) is 5.52 Å². The van der Waals surface area contributed by atoms with E-state index >= 15 is 0 Å². The molecule has 3 fully saturated rings. The Bertz CT molecular complexity index is 798. The first kappa shape index (κ1) is 18.4. The molecule has 0 atom stereocenters. The van der Waals surface area contributed by atoms with E-state index in [0.717, 1.165) is 44.8 Å². The van der Waals surface area contributed by atoms with Crippen LogP contribution >= 0.6 is 7.94 Å². The van der Waals surface area contributed by atoms with Crippen LogP contribution in [0.2, 0.25) is 0 Å². The molecule has 5 rings (SSSR count). The summed E-state index contributed by atoms with van der Waals surface area (Å²) in [5.41, 5.74) is 9.53. The Kier molecular flexibility index (Phi) is 5.00. The number of fused-ring (bicyclic) bond motifs is 1. The van der Waals surface area contributed by atoms with Crippen molar-refractivity contribution in [3.63, 3.8) is 0 Å². The lowest BCUT2D eigenvalue weighted by Crippen LogP contribution is -2.47. The summed E-state index contributed by atoms with van der Waals surface area (Å²) in [6.07, 6.45) is 7.32. The van der Waals surface area contributed by atoms with Crippen molar-refractivity contribution >= 4 is 24.7 Å². The van der Waals surface area contributed by atoms with Gasteiger partial charge in [-0.3, -0.25) is 0 Å². The number of benzene rings is 1. The molecular weight excluding hydrogens is 375 g/mol. The van der Waals surface area contributed by atoms with E-state index in [4.69, 9.17) is 10.2 Å². The first-order valence-electron chi connectivity index (χ1n) is 10.4. The Balaban J connectivity index is 1.62. The zero-order valence-electron chi connectivity index (χ0n) is 16.2. The number of para-hydroxylation sites is 1. The van der Waals surface area contributed by atoms with E-state index < -0.39 is 7.94 Å². The summed E-state index contributed by atoms with van der Waals surface area (Å²) in [7, 11) is -2.20. The van der Waals surface area contributed by atoms with Gasteiger partial charge in [0.05, 0.1) is 0 Å². The molecule has 4 heterocycles. The number of hydrogen-bond donors (Lipinski definition) is 1. The third-order valence-corrected chi connectivity index (χ3v) is 9.86. The molecule has 1 aromatic heterocycles. The first-order chi connectivity index (χ1) is 13.8. The second-order valence-corrected chi connectivity index (χ2v) is 10.7. The number of aromatic nitrogens is 3. The average Bonchev–Trinajstić information content (AvgIpc) is 3.53. The van der Waals surface area contributed by atoms with Gasteiger partial charge in [-0.1, -0.05) is 6.07 Å². The van der Waals surface area contributed by atoms with Gasteiger partial charge in [0.25, 0.3) is 0 Å². The molecule has 0 saturated carbocycles. The second-order valence-electron chi connectivity index (χ2n) is 7.80. The minimum atomic E-state index is -2.20. The van der Waals surface area contributed by atoms with Gasteiger partial charge in [0.2, 0.25) is 0 Å². The van der Waals surface area contributed by atoms with E-state index in [9.17, 15) is 0 Å². The third-order valence-electron chi connectivity index (χ3n) is 6.08. The molecule has 28 heavy (non-hydrogen) atoms. The maximum Gasteiger partial charge on any atom is 0.451 e. The van der Waals surface area contributed by atoms with Gasteiger partial charge < -0.3 is 0 Å². The van der Waals surface area contributed by atoms with E-state index in [1.807, 2.05) is 18.2 Å². The third kappa shape index (κ3) is 2.92. The van der Waals surface area contributed by atoms with Gasteiger partial charge in [0.1, 0.15) is 11.2 Å². The minimum absolute atomic E-state index is 0.546. The van der Waals surface area contributed by atoms with Crippen molar-refractivity contribution in [3.8, 4) is 0 Å². The maximum absolute atomic E-state index is 7.57. The fraction of sp³-hybridized carbons (Fsp3) is 0.667. The fourth-order valence-electron chi connectivity index (χ4n) is 4.76. The molecule has 3 aliphatic heterocycles. The highest BCUT2D eigenvalue weighted by Gasteiger charge is 2.63. The highest BCUT2D eigenvalue weighted by atomic mass is 31.2. The monoisotopic (exact) mass is 403 g/mol. The van der Waals surface area contributed by atoms with E-state index in [1.54, 1.807) is 4.85 Å². The summed E-state index contributed by atoms with van der Waals surface area (Å²) in [5, 5.41) is 12.3. The van der Waals surface area contributed by atoms with Crippen LogP contribution in [0.25, 0.3) is 11.0 Å². The van der Waals surface area contributed by atoms with Gasteiger partial charge in [-0.15, -0.1) is 19.1 Å². The zero-order chi connectivity index (χ0) is 19.0. The molecule has 10 heteroatoms. The average molecular weight is 403 g/mol. The Labute approximate surface area is 165 Å². The van der Waals surface area contributed by atoms with Crippen molar-refractivity contribution < 1.29 is 4.62 Å². The summed E-state index contributed by atoms with van der Waals surface area (Å²) in [6, 6.07) is 5.58. The predicted molar refractivity (Wildman–Crippen MR) is 108 cm³/mol. The number of hydrogen-bond acceptors (Lipinski definition) is 8. The van der Waals surface area contributed by atoms with Crippen LogP contribution in [0.15, 0.2) is 23.3 Å². The number of rotatable bonds is 6. The van der Waals surface area contributed by atoms with Crippen molar-refractivity contribution in [1.29, 1.82) is 5.53 Å². The molecule has 2 aromatic rings. The predicted octanol–water partition coefficient (Wildman–Crippen LogP) is 3.49. The lowest BCUT2D eigenvalue weighted by molar-refractivity contribution is 0.169. The van der Waals surface area contributed by atoms with Crippen molar-refractivity contribution in [1.82, 2.24) is 29.2 Å². The molecule has 3 saturated heterocycles. The van der Waals surface area contributed by atoms with Crippen LogP contribution in [0.1, 0.15) is 38.5 Å². The molecule has 150 valence electrons. The molecule has 0 radical (unpaired) electrons.